The molecule has 2 heterocycles. The maximum Gasteiger partial charge on any atom is 0.171 e. The van der Waals surface area contributed by atoms with Crippen molar-refractivity contribution in [1.82, 2.24) is 0 Å². The molecular formula is C14H14OS2. The van der Waals surface area contributed by atoms with Crippen LogP contribution < -0.4 is 0 Å². The summed E-state index contributed by atoms with van der Waals surface area (Å²) in [6, 6.07) is 4.12. The van der Waals surface area contributed by atoms with Crippen LogP contribution >= 0.6 is 22.7 Å². The number of hydrogen-bond donors (Lipinski definition) is 0. The Hall–Kier alpha value is -0.930. The summed E-state index contributed by atoms with van der Waals surface area (Å²) in [5, 5.41) is 4.14. The van der Waals surface area contributed by atoms with Gasteiger partial charge in [-0.3, -0.25) is 4.79 Å². The van der Waals surface area contributed by atoms with Crippen molar-refractivity contribution < 1.29 is 4.79 Å². The van der Waals surface area contributed by atoms with Crippen molar-refractivity contribution >= 4 is 28.5 Å². The van der Waals surface area contributed by atoms with Crippen molar-refractivity contribution in [2.75, 3.05) is 0 Å². The number of rotatable bonds is 2. The summed E-state index contributed by atoms with van der Waals surface area (Å²) in [4.78, 5) is 15.1. The largest absolute Gasteiger partial charge is 0.293 e. The first kappa shape index (κ1) is 11.2. The maximum atomic E-state index is 12.6. The molecule has 0 radical (unpaired) electrons. The monoisotopic (exact) mass is 262 g/mol. The average Bonchev–Trinajstić information content (AvgIpc) is 2.95. The van der Waals surface area contributed by atoms with Crippen LogP contribution in [0.15, 0.2) is 22.9 Å². The van der Waals surface area contributed by atoms with Crippen LogP contribution in [0.1, 0.15) is 44.4 Å². The van der Waals surface area contributed by atoms with Crippen molar-refractivity contribution in [2.45, 2.75) is 32.1 Å². The van der Waals surface area contributed by atoms with E-state index >= 15 is 0 Å². The van der Waals surface area contributed by atoms with Gasteiger partial charge in [0.25, 0.3) is 0 Å². The van der Waals surface area contributed by atoms with Gasteiger partial charge in [-0.05, 0) is 54.6 Å². The first-order valence-electron chi connectivity index (χ1n) is 5.92. The van der Waals surface area contributed by atoms with Crippen LogP contribution in [-0.2, 0) is 6.42 Å². The van der Waals surface area contributed by atoms with Crippen LogP contribution in [0.25, 0.3) is 0 Å². The molecule has 1 unspecified atom stereocenters. The van der Waals surface area contributed by atoms with Crippen LogP contribution in [0.4, 0.5) is 0 Å². The van der Waals surface area contributed by atoms with E-state index in [2.05, 4.69) is 11.4 Å². The lowest BCUT2D eigenvalue weighted by Crippen LogP contribution is -2.17. The van der Waals surface area contributed by atoms with Gasteiger partial charge in [-0.15, -0.1) is 22.7 Å². The third kappa shape index (κ3) is 1.87. The van der Waals surface area contributed by atoms with E-state index in [9.17, 15) is 4.79 Å². The van der Waals surface area contributed by atoms with E-state index in [1.54, 1.807) is 22.7 Å². The number of aryl methyl sites for hydroxylation is 2. The van der Waals surface area contributed by atoms with Crippen LogP contribution in [0, 0.1) is 6.92 Å². The van der Waals surface area contributed by atoms with E-state index in [0.29, 0.717) is 5.78 Å². The minimum Gasteiger partial charge on any atom is -0.293 e. The zero-order valence-electron chi connectivity index (χ0n) is 9.73. The minimum atomic E-state index is 0.110. The highest BCUT2D eigenvalue weighted by Crippen LogP contribution is 2.37. The van der Waals surface area contributed by atoms with Gasteiger partial charge in [0.2, 0.25) is 0 Å². The van der Waals surface area contributed by atoms with Crippen LogP contribution in [0.2, 0.25) is 0 Å². The van der Waals surface area contributed by atoms with Gasteiger partial charge in [-0.2, -0.15) is 0 Å². The topological polar surface area (TPSA) is 17.1 Å². The summed E-state index contributed by atoms with van der Waals surface area (Å²) in [6.45, 7) is 2.04. The second-order valence-electron chi connectivity index (χ2n) is 4.50. The van der Waals surface area contributed by atoms with Gasteiger partial charge in [0, 0.05) is 21.2 Å². The molecule has 0 N–H and O–H groups in total. The molecule has 0 aromatic carbocycles. The Labute approximate surface area is 109 Å². The van der Waals surface area contributed by atoms with Crippen LogP contribution in [0.5, 0.6) is 0 Å². The molecular weight excluding hydrogens is 248 g/mol. The Morgan fingerprint density at radius 2 is 2.12 bits per heavy atom. The molecule has 3 rings (SSSR count). The van der Waals surface area contributed by atoms with E-state index in [1.807, 2.05) is 18.4 Å². The number of carbonyl (C=O) groups is 1. The molecule has 1 nitrogen and oxygen atoms in total. The molecule has 17 heavy (non-hydrogen) atoms. The highest BCUT2D eigenvalue weighted by atomic mass is 32.1. The molecule has 0 saturated heterocycles. The lowest BCUT2D eigenvalue weighted by Gasteiger charge is -2.21. The number of Topliss-reactive ketones (excluding diaryl/α,β-unsaturated/α-hetero) is 1. The zero-order valence-corrected chi connectivity index (χ0v) is 11.4. The fraction of sp³-hybridized carbons (Fsp3) is 0.357. The Morgan fingerprint density at radius 3 is 2.88 bits per heavy atom. The van der Waals surface area contributed by atoms with E-state index in [-0.39, 0.29) is 5.92 Å². The Morgan fingerprint density at radius 1 is 1.29 bits per heavy atom. The summed E-state index contributed by atoms with van der Waals surface area (Å²) in [6.07, 6.45) is 3.31. The van der Waals surface area contributed by atoms with Crippen molar-refractivity contribution in [3.63, 3.8) is 0 Å². The third-order valence-corrected chi connectivity index (χ3v) is 5.33. The third-order valence-electron chi connectivity index (χ3n) is 3.49. The number of hydrogen-bond acceptors (Lipinski definition) is 3. The fourth-order valence-electron chi connectivity index (χ4n) is 2.59. The van der Waals surface area contributed by atoms with Gasteiger partial charge in [-0.25, -0.2) is 0 Å². The maximum absolute atomic E-state index is 12.6. The summed E-state index contributed by atoms with van der Waals surface area (Å²) in [5.41, 5.74) is 2.22. The molecule has 2 aromatic heterocycles. The molecule has 0 bridgehead atoms. The quantitative estimate of drug-likeness (QED) is 0.732. The van der Waals surface area contributed by atoms with Crippen molar-refractivity contribution in [3.8, 4) is 0 Å². The predicted octanol–water partition coefficient (Wildman–Crippen LogP) is 4.42. The molecule has 0 spiro atoms. The van der Waals surface area contributed by atoms with Gasteiger partial charge in [0.1, 0.15) is 0 Å². The molecule has 0 saturated carbocycles. The van der Waals surface area contributed by atoms with Crippen LogP contribution in [-0.4, -0.2) is 5.78 Å². The van der Waals surface area contributed by atoms with Crippen molar-refractivity contribution in [1.29, 1.82) is 0 Å². The molecule has 2 aromatic rings. The van der Waals surface area contributed by atoms with Crippen molar-refractivity contribution in [3.05, 3.63) is 43.8 Å². The number of thiophene rings is 2. The molecule has 1 atom stereocenters. The molecule has 88 valence electrons. The predicted molar refractivity (Wildman–Crippen MR) is 73.4 cm³/mol. The van der Waals surface area contributed by atoms with Gasteiger partial charge >= 0.3 is 0 Å². The number of carbonyl (C=O) groups excluding carboxylic acids is 1. The van der Waals surface area contributed by atoms with Crippen LogP contribution in [0.3, 0.4) is 0 Å². The minimum absolute atomic E-state index is 0.110. The SMILES string of the molecule is Cc1sccc1C(=O)C1CCCc2sccc21. The molecule has 1 aliphatic carbocycles. The Bertz CT molecular complexity index is 550. The highest BCUT2D eigenvalue weighted by Gasteiger charge is 2.28. The van der Waals surface area contributed by atoms with Gasteiger partial charge in [-0.1, -0.05) is 0 Å². The lowest BCUT2D eigenvalue weighted by atomic mass is 9.82. The first-order valence-corrected chi connectivity index (χ1v) is 7.68. The summed E-state index contributed by atoms with van der Waals surface area (Å²) in [7, 11) is 0. The number of ketones is 1. The molecule has 0 amide bonds. The average molecular weight is 262 g/mol. The standard InChI is InChI=1S/C14H14OS2/c1-9-10(5-7-16-9)14(15)12-3-2-4-13-11(12)6-8-17-13/h5-8,12H,2-4H2,1H3. The molecule has 3 heteroatoms. The van der Waals surface area contributed by atoms with E-state index in [0.717, 1.165) is 29.7 Å². The summed E-state index contributed by atoms with van der Waals surface area (Å²) in [5.74, 6) is 0.432. The second-order valence-corrected chi connectivity index (χ2v) is 6.62. The summed E-state index contributed by atoms with van der Waals surface area (Å²) >= 11 is 3.46. The first-order chi connectivity index (χ1) is 8.27. The normalized spacial score (nSPS) is 19.0. The lowest BCUT2D eigenvalue weighted by molar-refractivity contribution is 0.0951. The number of fused-ring (bicyclic) bond motifs is 1. The highest BCUT2D eigenvalue weighted by molar-refractivity contribution is 7.10. The molecule has 0 fully saturated rings. The summed E-state index contributed by atoms with van der Waals surface area (Å²) < 4.78 is 0. The van der Waals surface area contributed by atoms with E-state index in [4.69, 9.17) is 0 Å². The van der Waals surface area contributed by atoms with Crippen molar-refractivity contribution in [2.24, 2.45) is 0 Å². The second kappa shape index (κ2) is 4.39. The zero-order chi connectivity index (χ0) is 11.8. The smallest absolute Gasteiger partial charge is 0.171 e. The van der Waals surface area contributed by atoms with Gasteiger partial charge in [0.05, 0.1) is 0 Å². The molecule has 1 aliphatic rings. The molecule has 0 aliphatic heterocycles. The fourth-order valence-corrected chi connectivity index (χ4v) is 4.28. The van der Waals surface area contributed by atoms with E-state index in [1.165, 1.54) is 10.4 Å². The Kier molecular flexibility index (Phi) is 2.89. The van der Waals surface area contributed by atoms with Gasteiger partial charge < -0.3 is 0 Å². The van der Waals surface area contributed by atoms with E-state index < -0.39 is 0 Å². The Balaban J connectivity index is 1.97. The van der Waals surface area contributed by atoms with Gasteiger partial charge in [0.15, 0.2) is 5.78 Å².